The molecule has 21 heavy (non-hydrogen) atoms. The normalized spacial score (nSPS) is 19.3. The highest BCUT2D eigenvalue weighted by Gasteiger charge is 2.24. The molecule has 1 aliphatic heterocycles. The summed E-state index contributed by atoms with van der Waals surface area (Å²) in [6.07, 6.45) is 3.11. The van der Waals surface area contributed by atoms with Crippen molar-refractivity contribution in [2.45, 2.75) is 45.7 Å². The van der Waals surface area contributed by atoms with Crippen molar-refractivity contribution in [3.05, 3.63) is 29.6 Å². The molecule has 1 unspecified atom stereocenters. The monoisotopic (exact) mass is 294 g/mol. The van der Waals surface area contributed by atoms with E-state index in [1.54, 1.807) is 6.07 Å². The van der Waals surface area contributed by atoms with E-state index in [1.807, 2.05) is 17.0 Å². The van der Waals surface area contributed by atoms with Crippen LogP contribution in [0.15, 0.2) is 18.2 Å². The number of aliphatic hydroxyl groups excluding tert-OH is 1. The number of hydrogen-bond donors (Lipinski definition) is 2. The number of piperidine rings is 1. The van der Waals surface area contributed by atoms with Crippen LogP contribution in [0.4, 0.5) is 10.1 Å². The van der Waals surface area contributed by atoms with Gasteiger partial charge in [-0.15, -0.1) is 0 Å². The molecule has 0 bridgehead atoms. The second kappa shape index (κ2) is 7.76. The Bertz CT molecular complexity index is 450. The summed E-state index contributed by atoms with van der Waals surface area (Å²) in [6.45, 7) is 6.86. The lowest BCUT2D eigenvalue weighted by Gasteiger charge is -2.36. The molecule has 2 rings (SSSR count). The lowest BCUT2D eigenvalue weighted by Crippen LogP contribution is -2.42. The van der Waals surface area contributed by atoms with Crippen molar-refractivity contribution < 1.29 is 9.50 Å². The second-order valence-electron chi connectivity index (χ2n) is 6.34. The van der Waals surface area contributed by atoms with Gasteiger partial charge in [-0.3, -0.25) is 0 Å². The lowest BCUT2D eigenvalue weighted by molar-refractivity contribution is 0.239. The van der Waals surface area contributed by atoms with E-state index >= 15 is 0 Å². The molecule has 1 aliphatic rings. The van der Waals surface area contributed by atoms with Crippen LogP contribution in [0, 0.1) is 11.7 Å². The van der Waals surface area contributed by atoms with Crippen LogP contribution in [0.2, 0.25) is 0 Å². The fourth-order valence-electron chi connectivity index (χ4n) is 2.91. The van der Waals surface area contributed by atoms with E-state index in [0.717, 1.165) is 37.9 Å². The first-order chi connectivity index (χ1) is 10.1. The van der Waals surface area contributed by atoms with Crippen LogP contribution in [0.5, 0.6) is 0 Å². The zero-order chi connectivity index (χ0) is 15.2. The predicted molar refractivity (Wildman–Crippen MR) is 85.0 cm³/mol. The lowest BCUT2D eigenvalue weighted by atomic mass is 10.0. The minimum absolute atomic E-state index is 0.0539. The number of benzene rings is 1. The Morgan fingerprint density at radius 1 is 1.38 bits per heavy atom. The van der Waals surface area contributed by atoms with Crippen molar-refractivity contribution in [2.24, 2.45) is 5.92 Å². The maximum absolute atomic E-state index is 14.4. The summed E-state index contributed by atoms with van der Waals surface area (Å²) in [6, 6.07) is 5.51. The first-order valence-corrected chi connectivity index (χ1v) is 7.98. The Hall–Kier alpha value is -1.13. The molecule has 3 nitrogen and oxygen atoms in total. The molecule has 1 heterocycles. The Morgan fingerprint density at radius 3 is 2.86 bits per heavy atom. The Balaban J connectivity index is 2.04. The topological polar surface area (TPSA) is 35.5 Å². The summed E-state index contributed by atoms with van der Waals surface area (Å²) in [5.41, 5.74) is 1.59. The van der Waals surface area contributed by atoms with Crippen LogP contribution in [0.3, 0.4) is 0 Å². The summed E-state index contributed by atoms with van der Waals surface area (Å²) < 4.78 is 14.4. The molecule has 0 aliphatic carbocycles. The van der Waals surface area contributed by atoms with Crippen molar-refractivity contribution in [1.29, 1.82) is 0 Å². The third-order valence-corrected chi connectivity index (χ3v) is 4.04. The van der Waals surface area contributed by atoms with E-state index in [-0.39, 0.29) is 18.5 Å². The SMILES string of the molecule is CC(C)CNCc1ccc(N2CCCCC2CO)c(F)c1. The van der Waals surface area contributed by atoms with E-state index < -0.39 is 0 Å². The third-order valence-electron chi connectivity index (χ3n) is 4.04. The standard InChI is InChI=1S/C17H27FN2O/c1-13(2)10-19-11-14-6-7-17(16(18)9-14)20-8-4-3-5-15(20)12-21/h6-7,9,13,15,19,21H,3-5,8,10-12H2,1-2H3. The van der Waals surface area contributed by atoms with Gasteiger partial charge in [0.25, 0.3) is 0 Å². The molecule has 0 amide bonds. The number of halogens is 1. The van der Waals surface area contributed by atoms with Crippen molar-refractivity contribution >= 4 is 5.69 Å². The summed E-state index contributed by atoms with van der Waals surface area (Å²) >= 11 is 0. The van der Waals surface area contributed by atoms with Crippen molar-refractivity contribution in [1.82, 2.24) is 5.32 Å². The van der Waals surface area contributed by atoms with Gasteiger partial charge in [0, 0.05) is 13.1 Å². The van der Waals surface area contributed by atoms with Crippen LogP contribution in [-0.2, 0) is 6.54 Å². The fraction of sp³-hybridized carbons (Fsp3) is 0.647. The predicted octanol–water partition coefficient (Wildman–Crippen LogP) is 2.92. The van der Waals surface area contributed by atoms with Gasteiger partial charge in [-0.25, -0.2) is 4.39 Å². The molecule has 1 aromatic carbocycles. The van der Waals surface area contributed by atoms with E-state index in [4.69, 9.17) is 0 Å². The molecule has 1 saturated heterocycles. The van der Waals surface area contributed by atoms with Gasteiger partial charge in [0.1, 0.15) is 5.82 Å². The summed E-state index contributed by atoms with van der Waals surface area (Å²) in [4.78, 5) is 2.02. The molecule has 4 heteroatoms. The molecular weight excluding hydrogens is 267 g/mol. The molecule has 0 radical (unpaired) electrons. The molecule has 2 N–H and O–H groups in total. The van der Waals surface area contributed by atoms with Gasteiger partial charge < -0.3 is 15.3 Å². The van der Waals surface area contributed by atoms with Gasteiger partial charge in [-0.2, -0.15) is 0 Å². The Morgan fingerprint density at radius 2 is 2.19 bits per heavy atom. The number of nitrogens with one attached hydrogen (secondary N) is 1. The first kappa shape index (κ1) is 16.2. The summed E-state index contributed by atoms with van der Waals surface area (Å²) in [5.74, 6) is 0.409. The quantitative estimate of drug-likeness (QED) is 0.847. The van der Waals surface area contributed by atoms with Crippen LogP contribution in [0.1, 0.15) is 38.7 Å². The molecule has 1 atom stereocenters. The van der Waals surface area contributed by atoms with Gasteiger partial charge in [0.05, 0.1) is 18.3 Å². The minimum atomic E-state index is -0.181. The average Bonchev–Trinajstić information content (AvgIpc) is 2.47. The van der Waals surface area contributed by atoms with E-state index in [1.165, 1.54) is 0 Å². The number of nitrogens with zero attached hydrogens (tertiary/aromatic N) is 1. The van der Waals surface area contributed by atoms with Gasteiger partial charge in [-0.05, 0) is 49.4 Å². The molecule has 0 saturated carbocycles. The molecular formula is C17H27FN2O. The second-order valence-corrected chi connectivity index (χ2v) is 6.34. The molecule has 0 aromatic heterocycles. The number of hydrogen-bond acceptors (Lipinski definition) is 3. The Labute approximate surface area is 127 Å². The zero-order valence-electron chi connectivity index (χ0n) is 13.1. The molecule has 1 fully saturated rings. The van der Waals surface area contributed by atoms with Crippen LogP contribution in [0.25, 0.3) is 0 Å². The maximum Gasteiger partial charge on any atom is 0.146 e. The van der Waals surface area contributed by atoms with Crippen molar-refractivity contribution in [2.75, 3.05) is 24.6 Å². The number of anilines is 1. The van der Waals surface area contributed by atoms with E-state index in [0.29, 0.717) is 18.2 Å². The minimum Gasteiger partial charge on any atom is -0.394 e. The highest BCUT2D eigenvalue weighted by atomic mass is 19.1. The van der Waals surface area contributed by atoms with E-state index in [2.05, 4.69) is 19.2 Å². The first-order valence-electron chi connectivity index (χ1n) is 7.98. The van der Waals surface area contributed by atoms with Crippen molar-refractivity contribution in [3.63, 3.8) is 0 Å². The van der Waals surface area contributed by atoms with Crippen LogP contribution >= 0.6 is 0 Å². The summed E-state index contributed by atoms with van der Waals surface area (Å²) in [5, 5.41) is 12.8. The maximum atomic E-state index is 14.4. The Kier molecular flexibility index (Phi) is 6.00. The molecule has 1 aromatic rings. The zero-order valence-corrected chi connectivity index (χ0v) is 13.1. The van der Waals surface area contributed by atoms with Gasteiger partial charge in [0.2, 0.25) is 0 Å². The van der Waals surface area contributed by atoms with Crippen LogP contribution in [-0.4, -0.2) is 30.8 Å². The highest BCUT2D eigenvalue weighted by Crippen LogP contribution is 2.27. The fourth-order valence-corrected chi connectivity index (χ4v) is 2.91. The molecule has 0 spiro atoms. The third kappa shape index (κ3) is 4.42. The average molecular weight is 294 g/mol. The highest BCUT2D eigenvalue weighted by molar-refractivity contribution is 5.50. The van der Waals surface area contributed by atoms with Gasteiger partial charge in [-0.1, -0.05) is 19.9 Å². The number of aliphatic hydroxyl groups is 1. The number of rotatable bonds is 6. The summed E-state index contributed by atoms with van der Waals surface area (Å²) in [7, 11) is 0. The van der Waals surface area contributed by atoms with Gasteiger partial charge >= 0.3 is 0 Å². The van der Waals surface area contributed by atoms with Crippen LogP contribution < -0.4 is 10.2 Å². The van der Waals surface area contributed by atoms with Crippen molar-refractivity contribution in [3.8, 4) is 0 Å². The largest absolute Gasteiger partial charge is 0.394 e. The smallest absolute Gasteiger partial charge is 0.146 e. The molecule has 118 valence electrons. The van der Waals surface area contributed by atoms with Gasteiger partial charge in [0.15, 0.2) is 0 Å². The van der Waals surface area contributed by atoms with E-state index in [9.17, 15) is 9.50 Å².